The Morgan fingerprint density at radius 2 is 2.00 bits per heavy atom. The second-order valence-electron chi connectivity index (χ2n) is 3.92. The van der Waals surface area contributed by atoms with E-state index in [9.17, 15) is 4.79 Å². The molecule has 0 aliphatic rings. The third kappa shape index (κ3) is 4.61. The van der Waals surface area contributed by atoms with Gasteiger partial charge in [-0.2, -0.15) is 0 Å². The normalized spacial score (nSPS) is 10.2. The molecule has 0 spiro atoms. The third-order valence-electron chi connectivity index (χ3n) is 2.34. The van der Waals surface area contributed by atoms with E-state index in [1.54, 1.807) is 12.1 Å². The number of carbonyl (C=O) groups is 1. The minimum absolute atomic E-state index is 0.0458. The molecular weight excluding hydrogens is 324 g/mol. The van der Waals surface area contributed by atoms with Crippen LogP contribution in [0, 0.1) is 0 Å². The van der Waals surface area contributed by atoms with Crippen molar-refractivity contribution in [2.75, 3.05) is 16.8 Å². The fourth-order valence-corrected chi connectivity index (χ4v) is 2.82. The number of hydrogen-bond donors (Lipinski definition) is 2. The standard InChI is InChI=1S/C14H13BrN2OS/c15-10-3-1-6-13(7-10)19-9-14(18)17-12-5-2-4-11(16)8-12/h1-8H,9,16H2,(H,17,18). The summed E-state index contributed by atoms with van der Waals surface area (Å²) in [6.45, 7) is 0. The Hall–Kier alpha value is -1.46. The maximum absolute atomic E-state index is 11.8. The fourth-order valence-electron chi connectivity index (χ4n) is 1.52. The van der Waals surface area contributed by atoms with Gasteiger partial charge >= 0.3 is 0 Å². The number of halogens is 1. The molecule has 3 N–H and O–H groups in total. The minimum Gasteiger partial charge on any atom is -0.399 e. The number of carbonyl (C=O) groups excluding carboxylic acids is 1. The van der Waals surface area contributed by atoms with Crippen molar-refractivity contribution in [1.82, 2.24) is 0 Å². The predicted molar refractivity (Wildman–Crippen MR) is 84.4 cm³/mol. The summed E-state index contributed by atoms with van der Waals surface area (Å²) in [6.07, 6.45) is 0. The summed E-state index contributed by atoms with van der Waals surface area (Å²) < 4.78 is 1.01. The highest BCUT2D eigenvalue weighted by atomic mass is 79.9. The van der Waals surface area contributed by atoms with Gasteiger partial charge in [0.25, 0.3) is 0 Å². The van der Waals surface area contributed by atoms with Crippen LogP contribution in [-0.2, 0) is 4.79 Å². The predicted octanol–water partition coefficient (Wildman–Crippen LogP) is 3.76. The van der Waals surface area contributed by atoms with Gasteiger partial charge in [-0.1, -0.05) is 28.1 Å². The van der Waals surface area contributed by atoms with Gasteiger partial charge in [-0.15, -0.1) is 11.8 Å². The molecule has 2 aromatic carbocycles. The quantitative estimate of drug-likeness (QED) is 0.660. The number of anilines is 2. The van der Waals surface area contributed by atoms with Crippen LogP contribution in [0.1, 0.15) is 0 Å². The molecule has 5 heteroatoms. The van der Waals surface area contributed by atoms with Gasteiger partial charge in [0.15, 0.2) is 0 Å². The molecule has 0 fully saturated rings. The zero-order chi connectivity index (χ0) is 13.7. The van der Waals surface area contributed by atoms with E-state index >= 15 is 0 Å². The molecule has 0 radical (unpaired) electrons. The molecule has 0 aliphatic heterocycles. The van der Waals surface area contributed by atoms with Crippen LogP contribution in [0.15, 0.2) is 57.9 Å². The first-order chi connectivity index (χ1) is 9.13. The first-order valence-corrected chi connectivity index (χ1v) is 7.45. The zero-order valence-electron chi connectivity index (χ0n) is 10.1. The van der Waals surface area contributed by atoms with Gasteiger partial charge in [-0.3, -0.25) is 4.79 Å². The van der Waals surface area contributed by atoms with Crippen LogP contribution in [0.25, 0.3) is 0 Å². The summed E-state index contributed by atoms with van der Waals surface area (Å²) in [5.74, 6) is 0.321. The van der Waals surface area contributed by atoms with Crippen LogP contribution in [0.2, 0.25) is 0 Å². The molecule has 2 aromatic rings. The van der Waals surface area contributed by atoms with Crippen LogP contribution in [-0.4, -0.2) is 11.7 Å². The van der Waals surface area contributed by atoms with Gasteiger partial charge in [0.2, 0.25) is 5.91 Å². The van der Waals surface area contributed by atoms with E-state index in [1.807, 2.05) is 36.4 Å². The highest BCUT2D eigenvalue weighted by Gasteiger charge is 2.04. The lowest BCUT2D eigenvalue weighted by atomic mass is 10.3. The van der Waals surface area contributed by atoms with E-state index in [0.717, 1.165) is 15.1 Å². The number of thioether (sulfide) groups is 1. The molecule has 0 aliphatic carbocycles. The minimum atomic E-state index is -0.0458. The maximum atomic E-state index is 11.8. The molecule has 0 aromatic heterocycles. The van der Waals surface area contributed by atoms with Crippen molar-refractivity contribution in [3.05, 3.63) is 53.0 Å². The molecule has 0 atom stereocenters. The van der Waals surface area contributed by atoms with Gasteiger partial charge in [-0.05, 0) is 36.4 Å². The van der Waals surface area contributed by atoms with Crippen molar-refractivity contribution in [2.45, 2.75) is 4.90 Å². The highest BCUT2D eigenvalue weighted by Crippen LogP contribution is 2.22. The summed E-state index contributed by atoms with van der Waals surface area (Å²) >= 11 is 4.90. The first-order valence-electron chi connectivity index (χ1n) is 5.67. The third-order valence-corrected chi connectivity index (χ3v) is 3.82. The van der Waals surface area contributed by atoms with Crippen LogP contribution in [0.5, 0.6) is 0 Å². The Kier molecular flexibility index (Phi) is 4.87. The van der Waals surface area contributed by atoms with Gasteiger partial charge < -0.3 is 11.1 Å². The molecule has 0 saturated heterocycles. The lowest BCUT2D eigenvalue weighted by Crippen LogP contribution is -2.14. The monoisotopic (exact) mass is 336 g/mol. The van der Waals surface area contributed by atoms with Gasteiger partial charge in [0, 0.05) is 20.7 Å². The number of amides is 1. The number of nitrogen functional groups attached to an aromatic ring is 1. The number of hydrogen-bond acceptors (Lipinski definition) is 3. The van der Waals surface area contributed by atoms with Crippen molar-refractivity contribution in [1.29, 1.82) is 0 Å². The van der Waals surface area contributed by atoms with Gasteiger partial charge in [-0.25, -0.2) is 0 Å². The number of benzene rings is 2. The van der Waals surface area contributed by atoms with Gasteiger partial charge in [0.05, 0.1) is 5.75 Å². The molecule has 0 unspecified atom stereocenters. The largest absolute Gasteiger partial charge is 0.399 e. The van der Waals surface area contributed by atoms with Crippen molar-refractivity contribution in [3.63, 3.8) is 0 Å². The summed E-state index contributed by atoms with van der Waals surface area (Å²) in [5, 5.41) is 2.82. The van der Waals surface area contributed by atoms with E-state index in [0.29, 0.717) is 11.4 Å². The molecule has 98 valence electrons. The number of rotatable bonds is 4. The molecule has 0 heterocycles. The number of nitrogens with one attached hydrogen (secondary N) is 1. The molecule has 3 nitrogen and oxygen atoms in total. The highest BCUT2D eigenvalue weighted by molar-refractivity contribution is 9.10. The van der Waals surface area contributed by atoms with Crippen LogP contribution in [0.3, 0.4) is 0 Å². The first kappa shape index (κ1) is 14.0. The van der Waals surface area contributed by atoms with Crippen molar-refractivity contribution >= 4 is 45.0 Å². The average Bonchev–Trinajstić information content (AvgIpc) is 2.36. The van der Waals surface area contributed by atoms with Crippen LogP contribution < -0.4 is 11.1 Å². The van der Waals surface area contributed by atoms with E-state index in [4.69, 9.17) is 5.73 Å². The van der Waals surface area contributed by atoms with Crippen LogP contribution in [0.4, 0.5) is 11.4 Å². The molecular formula is C14H13BrN2OS. The van der Waals surface area contributed by atoms with E-state index < -0.39 is 0 Å². The lowest BCUT2D eigenvalue weighted by molar-refractivity contribution is -0.113. The zero-order valence-corrected chi connectivity index (χ0v) is 12.5. The Bertz CT molecular complexity index is 589. The molecule has 0 saturated carbocycles. The van der Waals surface area contributed by atoms with Crippen LogP contribution >= 0.6 is 27.7 Å². The van der Waals surface area contributed by atoms with E-state index in [-0.39, 0.29) is 5.91 Å². The Morgan fingerprint density at radius 1 is 1.21 bits per heavy atom. The van der Waals surface area contributed by atoms with Gasteiger partial charge in [0.1, 0.15) is 0 Å². The number of nitrogens with two attached hydrogens (primary N) is 1. The maximum Gasteiger partial charge on any atom is 0.234 e. The smallest absolute Gasteiger partial charge is 0.234 e. The fraction of sp³-hybridized carbons (Fsp3) is 0.0714. The molecule has 19 heavy (non-hydrogen) atoms. The summed E-state index contributed by atoms with van der Waals surface area (Å²) in [5.41, 5.74) is 7.01. The molecule has 0 bridgehead atoms. The topological polar surface area (TPSA) is 55.1 Å². The summed E-state index contributed by atoms with van der Waals surface area (Å²) in [4.78, 5) is 12.9. The summed E-state index contributed by atoms with van der Waals surface area (Å²) in [7, 11) is 0. The Balaban J connectivity index is 1.88. The summed E-state index contributed by atoms with van der Waals surface area (Å²) in [6, 6.07) is 15.0. The van der Waals surface area contributed by atoms with Crippen molar-refractivity contribution in [3.8, 4) is 0 Å². The Labute approximate surface area is 124 Å². The Morgan fingerprint density at radius 3 is 2.74 bits per heavy atom. The molecule has 2 rings (SSSR count). The second kappa shape index (κ2) is 6.63. The lowest BCUT2D eigenvalue weighted by Gasteiger charge is -2.06. The second-order valence-corrected chi connectivity index (χ2v) is 5.88. The van der Waals surface area contributed by atoms with E-state index in [2.05, 4.69) is 21.2 Å². The molecule has 1 amide bonds. The SMILES string of the molecule is Nc1cccc(NC(=O)CSc2cccc(Br)c2)c1. The van der Waals surface area contributed by atoms with Crippen molar-refractivity contribution < 1.29 is 4.79 Å². The van der Waals surface area contributed by atoms with E-state index in [1.165, 1.54) is 11.8 Å². The average molecular weight is 337 g/mol. The van der Waals surface area contributed by atoms with Crippen molar-refractivity contribution in [2.24, 2.45) is 0 Å².